The maximum Gasteiger partial charge on any atom is 0.352 e. The van der Waals surface area contributed by atoms with Crippen molar-refractivity contribution in [3.05, 3.63) is 90.0 Å². The van der Waals surface area contributed by atoms with Crippen LogP contribution in [0.3, 0.4) is 0 Å². The Hall–Kier alpha value is -3.21. The summed E-state index contributed by atoms with van der Waals surface area (Å²) in [7, 11) is 0. The van der Waals surface area contributed by atoms with E-state index in [1.54, 1.807) is 36.4 Å². The number of hydrogen-bond donors (Lipinski definition) is 0. The number of amides is 1. The van der Waals surface area contributed by atoms with Gasteiger partial charge in [-0.05, 0) is 35.9 Å². The summed E-state index contributed by atoms with van der Waals surface area (Å²) in [6, 6.07) is 22.4. The van der Waals surface area contributed by atoms with Gasteiger partial charge in [-0.2, -0.15) is 8.78 Å². The average Bonchev–Trinajstić information content (AvgIpc) is 2.85. The van der Waals surface area contributed by atoms with E-state index in [1.807, 2.05) is 30.3 Å². The summed E-state index contributed by atoms with van der Waals surface area (Å²) in [6.45, 7) is 0.0804. The van der Waals surface area contributed by atoms with Gasteiger partial charge in [0.25, 0.3) is 0 Å². The molecule has 3 nitrogen and oxygen atoms in total. The average molecular weight is 351 g/mol. The lowest BCUT2D eigenvalue weighted by atomic mass is 10.1. The van der Waals surface area contributed by atoms with Gasteiger partial charge in [0.15, 0.2) is 0 Å². The number of alkyl halides is 2. The maximum absolute atomic E-state index is 14.2. The smallest absolute Gasteiger partial charge is 0.352 e. The van der Waals surface area contributed by atoms with E-state index in [4.69, 9.17) is 4.74 Å². The van der Waals surface area contributed by atoms with Gasteiger partial charge >= 0.3 is 11.8 Å². The Balaban J connectivity index is 1.54. The fourth-order valence-electron chi connectivity index (χ4n) is 3.00. The summed E-state index contributed by atoms with van der Waals surface area (Å²) in [4.78, 5) is 13.3. The topological polar surface area (TPSA) is 29.5 Å². The first-order valence-corrected chi connectivity index (χ1v) is 8.17. The van der Waals surface area contributed by atoms with Crippen LogP contribution in [0.15, 0.2) is 78.9 Å². The Kier molecular flexibility index (Phi) is 3.92. The molecule has 0 bridgehead atoms. The number of fused-ring (bicyclic) bond motifs is 1. The second-order valence-corrected chi connectivity index (χ2v) is 6.04. The van der Waals surface area contributed by atoms with Crippen LogP contribution in [0.5, 0.6) is 11.5 Å². The molecule has 0 saturated carbocycles. The van der Waals surface area contributed by atoms with Crippen molar-refractivity contribution in [3.63, 3.8) is 0 Å². The molecule has 5 heteroatoms. The number of anilines is 1. The van der Waals surface area contributed by atoms with Crippen molar-refractivity contribution in [2.75, 3.05) is 4.90 Å². The highest BCUT2D eigenvalue weighted by Crippen LogP contribution is 2.44. The van der Waals surface area contributed by atoms with Crippen LogP contribution < -0.4 is 9.64 Å². The monoisotopic (exact) mass is 351 g/mol. The molecule has 4 rings (SSSR count). The fraction of sp³-hybridized carbons (Fsp3) is 0.0952. The van der Waals surface area contributed by atoms with E-state index in [2.05, 4.69) is 0 Å². The normalized spacial score (nSPS) is 15.0. The van der Waals surface area contributed by atoms with Crippen LogP contribution in [0.4, 0.5) is 14.5 Å². The molecule has 0 aliphatic carbocycles. The standard InChI is InChI=1S/C21H15F2NO2/c22-21(23)18-8-4-5-9-19(18)24(20(21)25)14-15-10-12-17(13-11-15)26-16-6-2-1-3-7-16/h1-13H,14H2. The molecule has 130 valence electrons. The van der Waals surface area contributed by atoms with E-state index in [0.717, 1.165) is 10.5 Å². The number of nitrogens with zero attached hydrogens (tertiary/aromatic N) is 1. The van der Waals surface area contributed by atoms with Gasteiger partial charge in [0, 0.05) is 0 Å². The lowest BCUT2D eigenvalue weighted by Crippen LogP contribution is -2.34. The second-order valence-electron chi connectivity index (χ2n) is 6.04. The Bertz CT molecular complexity index is 940. The van der Waals surface area contributed by atoms with E-state index in [0.29, 0.717) is 11.5 Å². The van der Waals surface area contributed by atoms with Crippen LogP contribution in [0.1, 0.15) is 11.1 Å². The van der Waals surface area contributed by atoms with Crippen LogP contribution in [-0.4, -0.2) is 5.91 Å². The molecule has 3 aromatic rings. The van der Waals surface area contributed by atoms with E-state index in [9.17, 15) is 13.6 Å². The molecule has 0 atom stereocenters. The van der Waals surface area contributed by atoms with Crippen molar-refractivity contribution in [1.29, 1.82) is 0 Å². The molecular weight excluding hydrogens is 336 g/mol. The maximum atomic E-state index is 14.2. The van der Waals surface area contributed by atoms with Gasteiger partial charge in [-0.15, -0.1) is 0 Å². The molecule has 0 radical (unpaired) electrons. The zero-order chi connectivity index (χ0) is 18.1. The molecule has 0 saturated heterocycles. The minimum Gasteiger partial charge on any atom is -0.457 e. The van der Waals surface area contributed by atoms with Gasteiger partial charge in [-0.25, -0.2) is 0 Å². The van der Waals surface area contributed by atoms with Gasteiger partial charge in [0.05, 0.1) is 17.8 Å². The van der Waals surface area contributed by atoms with Crippen LogP contribution >= 0.6 is 0 Å². The number of hydrogen-bond acceptors (Lipinski definition) is 2. The third-order valence-corrected chi connectivity index (χ3v) is 4.29. The highest BCUT2D eigenvalue weighted by atomic mass is 19.3. The number of para-hydroxylation sites is 2. The minimum atomic E-state index is -3.48. The quantitative estimate of drug-likeness (QED) is 0.653. The molecule has 0 N–H and O–H groups in total. The van der Waals surface area contributed by atoms with E-state index >= 15 is 0 Å². The summed E-state index contributed by atoms with van der Waals surface area (Å²) in [5.74, 6) is -3.32. The van der Waals surface area contributed by atoms with Crippen LogP contribution in [0.25, 0.3) is 0 Å². The number of carbonyl (C=O) groups is 1. The van der Waals surface area contributed by atoms with Gasteiger partial charge in [-0.1, -0.05) is 48.5 Å². The minimum absolute atomic E-state index is 0.0804. The van der Waals surface area contributed by atoms with Gasteiger partial charge in [0.2, 0.25) is 0 Å². The number of halogens is 2. The van der Waals surface area contributed by atoms with Crippen LogP contribution in [-0.2, 0) is 17.3 Å². The second kappa shape index (κ2) is 6.26. The first kappa shape index (κ1) is 16.3. The lowest BCUT2D eigenvalue weighted by molar-refractivity contribution is -0.141. The third kappa shape index (κ3) is 2.81. The first-order chi connectivity index (χ1) is 12.6. The predicted molar refractivity (Wildman–Crippen MR) is 94.5 cm³/mol. The Morgan fingerprint density at radius 1 is 0.808 bits per heavy atom. The SMILES string of the molecule is O=C1N(Cc2ccc(Oc3ccccc3)cc2)c2ccccc2C1(F)F. The first-order valence-electron chi connectivity index (χ1n) is 8.17. The lowest BCUT2D eigenvalue weighted by Gasteiger charge is -2.17. The molecule has 1 aliphatic heterocycles. The Morgan fingerprint density at radius 2 is 1.42 bits per heavy atom. The van der Waals surface area contributed by atoms with Crippen molar-refractivity contribution in [1.82, 2.24) is 0 Å². The van der Waals surface area contributed by atoms with E-state index < -0.39 is 11.8 Å². The number of ether oxygens (including phenoxy) is 1. The zero-order valence-electron chi connectivity index (χ0n) is 13.7. The Labute approximate surface area is 149 Å². The highest BCUT2D eigenvalue weighted by Gasteiger charge is 2.52. The molecule has 26 heavy (non-hydrogen) atoms. The molecule has 3 aromatic carbocycles. The van der Waals surface area contributed by atoms with Crippen molar-refractivity contribution >= 4 is 11.6 Å². The van der Waals surface area contributed by atoms with Crippen molar-refractivity contribution in [3.8, 4) is 11.5 Å². The molecule has 0 unspecified atom stereocenters. The summed E-state index contributed by atoms with van der Waals surface area (Å²) < 4.78 is 34.1. The molecule has 0 spiro atoms. The Morgan fingerprint density at radius 3 is 2.15 bits per heavy atom. The van der Waals surface area contributed by atoms with E-state index in [-0.39, 0.29) is 17.8 Å². The third-order valence-electron chi connectivity index (χ3n) is 4.29. The van der Waals surface area contributed by atoms with Gasteiger partial charge < -0.3 is 9.64 Å². The number of benzene rings is 3. The van der Waals surface area contributed by atoms with Crippen LogP contribution in [0, 0.1) is 0 Å². The largest absolute Gasteiger partial charge is 0.457 e. The van der Waals surface area contributed by atoms with Gasteiger partial charge in [0.1, 0.15) is 11.5 Å². The molecule has 1 heterocycles. The van der Waals surface area contributed by atoms with Crippen molar-refractivity contribution < 1.29 is 18.3 Å². The molecular formula is C21H15F2NO2. The highest BCUT2D eigenvalue weighted by molar-refractivity contribution is 6.05. The van der Waals surface area contributed by atoms with Gasteiger partial charge in [-0.3, -0.25) is 4.79 Å². The summed E-state index contributed by atoms with van der Waals surface area (Å²) in [5, 5.41) is 0. The summed E-state index contributed by atoms with van der Waals surface area (Å²) in [6.07, 6.45) is 0. The number of rotatable bonds is 4. The zero-order valence-corrected chi connectivity index (χ0v) is 13.7. The van der Waals surface area contributed by atoms with Crippen molar-refractivity contribution in [2.24, 2.45) is 0 Å². The van der Waals surface area contributed by atoms with Crippen LogP contribution in [0.2, 0.25) is 0 Å². The summed E-state index contributed by atoms with van der Waals surface area (Å²) >= 11 is 0. The summed E-state index contributed by atoms with van der Waals surface area (Å²) in [5.41, 5.74) is 0.757. The number of carbonyl (C=O) groups excluding carboxylic acids is 1. The van der Waals surface area contributed by atoms with Crippen molar-refractivity contribution in [2.45, 2.75) is 12.5 Å². The molecule has 1 aliphatic rings. The fourth-order valence-corrected chi connectivity index (χ4v) is 3.00. The molecule has 0 fully saturated rings. The molecule has 1 amide bonds. The predicted octanol–water partition coefficient (Wildman–Crippen LogP) is 5.12. The molecule has 0 aromatic heterocycles. The van der Waals surface area contributed by atoms with E-state index in [1.165, 1.54) is 12.1 Å².